The van der Waals surface area contributed by atoms with E-state index in [0.29, 0.717) is 52.9 Å². The smallest absolute Gasteiger partial charge is 0.344 e. The van der Waals surface area contributed by atoms with Gasteiger partial charge in [-0.3, -0.25) is 9.59 Å². The first-order valence-electron chi connectivity index (χ1n) is 13.7. The topological polar surface area (TPSA) is 97.3 Å². The number of benzene rings is 3. The molecule has 8 nitrogen and oxygen atoms in total. The molecule has 0 fully saturated rings. The van der Waals surface area contributed by atoms with Gasteiger partial charge in [-0.15, -0.1) is 0 Å². The number of amides is 2. The summed E-state index contributed by atoms with van der Waals surface area (Å²) in [6.45, 7) is 6.06. The molecule has 1 N–H and O–H groups in total. The lowest BCUT2D eigenvalue weighted by Crippen LogP contribution is -2.48. The molecule has 0 saturated heterocycles. The van der Waals surface area contributed by atoms with Crippen molar-refractivity contribution in [1.29, 1.82) is 0 Å². The number of ether oxygens (including phenoxy) is 2. The number of carbonyl (C=O) groups is 3. The zero-order chi connectivity index (χ0) is 30.2. The van der Waals surface area contributed by atoms with Crippen LogP contribution >= 0.6 is 11.6 Å². The molecule has 3 aromatic carbocycles. The summed E-state index contributed by atoms with van der Waals surface area (Å²) in [5.74, 6) is -0.658. The second-order valence-corrected chi connectivity index (χ2v) is 10.7. The number of Topliss-reactive ketones (excluding diaryl/α,β-unsaturated/α-hetero) is 1. The van der Waals surface area contributed by atoms with Gasteiger partial charge in [-0.1, -0.05) is 23.7 Å². The van der Waals surface area contributed by atoms with Crippen molar-refractivity contribution in [3.63, 3.8) is 0 Å². The van der Waals surface area contributed by atoms with E-state index in [4.69, 9.17) is 21.1 Å². The van der Waals surface area contributed by atoms with E-state index in [0.717, 1.165) is 0 Å². The molecule has 0 saturated carbocycles. The summed E-state index contributed by atoms with van der Waals surface area (Å²) >= 11 is 6.26. The largest absolute Gasteiger partial charge is 0.462 e. The van der Waals surface area contributed by atoms with Gasteiger partial charge >= 0.3 is 12.0 Å². The lowest BCUT2D eigenvalue weighted by atomic mass is 9.86. The number of nitrogens with zero attached hydrogens (tertiary/aromatic N) is 2. The van der Waals surface area contributed by atoms with Gasteiger partial charge in [0, 0.05) is 22.8 Å². The highest BCUT2D eigenvalue weighted by Gasteiger charge is 2.43. The zero-order valence-electron chi connectivity index (χ0n) is 23.7. The molecule has 0 aromatic heterocycles. The van der Waals surface area contributed by atoms with Crippen molar-refractivity contribution in [3.8, 4) is 11.5 Å². The molecule has 0 aliphatic carbocycles. The highest BCUT2D eigenvalue weighted by Crippen LogP contribution is 2.36. The average Bonchev–Trinajstić information content (AvgIpc) is 2.94. The summed E-state index contributed by atoms with van der Waals surface area (Å²) < 4.78 is 24.3. The SMILES string of the molecule is CC1=NC(=O)N(CCCNCC(=O)c2ccc(Oc3ccc(F)cc3)cc2)C(c2cccc(Cl)c2)C1C(=O)OC(C)C. The Hall–Kier alpha value is -4.08. The van der Waals surface area contributed by atoms with E-state index in [1.165, 1.54) is 24.3 Å². The first kappa shape index (κ1) is 30.9. The molecule has 3 aromatic rings. The molecule has 42 heavy (non-hydrogen) atoms. The number of aliphatic imine (C=N–C) groups is 1. The van der Waals surface area contributed by atoms with Crippen molar-refractivity contribution in [2.24, 2.45) is 10.9 Å². The summed E-state index contributed by atoms with van der Waals surface area (Å²) in [4.78, 5) is 44.5. The Morgan fingerprint density at radius 3 is 2.36 bits per heavy atom. The van der Waals surface area contributed by atoms with Crippen LogP contribution in [-0.2, 0) is 9.53 Å². The van der Waals surface area contributed by atoms with E-state index in [1.54, 1.807) is 68.1 Å². The van der Waals surface area contributed by atoms with Gasteiger partial charge in [-0.2, -0.15) is 0 Å². The van der Waals surface area contributed by atoms with Gasteiger partial charge in [0.25, 0.3) is 0 Å². The van der Waals surface area contributed by atoms with Crippen molar-refractivity contribution in [1.82, 2.24) is 10.2 Å². The minimum Gasteiger partial charge on any atom is -0.462 e. The van der Waals surface area contributed by atoms with Crippen LogP contribution in [0.25, 0.3) is 0 Å². The van der Waals surface area contributed by atoms with Crippen LogP contribution in [0.2, 0.25) is 5.02 Å². The fourth-order valence-corrected chi connectivity index (χ4v) is 4.94. The fraction of sp³-hybridized carbons (Fsp3) is 0.312. The van der Waals surface area contributed by atoms with E-state index in [9.17, 15) is 18.8 Å². The Labute approximate surface area is 249 Å². The highest BCUT2D eigenvalue weighted by atomic mass is 35.5. The van der Waals surface area contributed by atoms with Gasteiger partial charge < -0.3 is 19.7 Å². The predicted molar refractivity (Wildman–Crippen MR) is 159 cm³/mol. The van der Waals surface area contributed by atoms with E-state index < -0.39 is 24.0 Å². The van der Waals surface area contributed by atoms with Crippen LogP contribution in [0.5, 0.6) is 11.5 Å². The molecular formula is C32H33ClFN3O5. The Kier molecular flexibility index (Phi) is 10.4. The zero-order valence-corrected chi connectivity index (χ0v) is 24.4. The molecular weight excluding hydrogens is 561 g/mol. The monoisotopic (exact) mass is 593 g/mol. The lowest BCUT2D eigenvalue weighted by Gasteiger charge is -2.39. The molecule has 4 rings (SSSR count). The predicted octanol–water partition coefficient (Wildman–Crippen LogP) is 6.64. The van der Waals surface area contributed by atoms with E-state index >= 15 is 0 Å². The molecule has 2 unspecified atom stereocenters. The van der Waals surface area contributed by atoms with Gasteiger partial charge in [-0.05, 0) is 100.0 Å². The van der Waals surface area contributed by atoms with Crippen molar-refractivity contribution in [2.75, 3.05) is 19.6 Å². The quantitative estimate of drug-likeness (QED) is 0.144. The molecule has 2 amide bonds. The van der Waals surface area contributed by atoms with E-state index in [1.807, 2.05) is 6.07 Å². The maximum absolute atomic E-state index is 13.1. The molecule has 0 radical (unpaired) electrons. The van der Waals surface area contributed by atoms with Crippen molar-refractivity contribution in [2.45, 2.75) is 39.3 Å². The third kappa shape index (κ3) is 8.02. The summed E-state index contributed by atoms with van der Waals surface area (Å²) in [6.07, 6.45) is 0.192. The van der Waals surface area contributed by atoms with Crippen molar-refractivity contribution < 1.29 is 28.2 Å². The summed E-state index contributed by atoms with van der Waals surface area (Å²) in [5, 5.41) is 3.62. The highest BCUT2D eigenvalue weighted by molar-refractivity contribution is 6.30. The number of rotatable bonds is 12. The second kappa shape index (κ2) is 14.2. The number of esters is 1. The molecule has 1 aliphatic heterocycles. The normalized spacial score (nSPS) is 16.8. The van der Waals surface area contributed by atoms with Crippen LogP contribution in [0.15, 0.2) is 77.8 Å². The minimum atomic E-state index is -0.770. The first-order valence-corrected chi connectivity index (χ1v) is 14.1. The summed E-state index contributed by atoms with van der Waals surface area (Å²) in [5.41, 5.74) is 1.62. The third-order valence-electron chi connectivity index (χ3n) is 6.68. The van der Waals surface area contributed by atoms with Gasteiger partial charge in [0.05, 0.1) is 18.7 Å². The van der Waals surface area contributed by atoms with Gasteiger partial charge in [0.2, 0.25) is 0 Å². The van der Waals surface area contributed by atoms with Crippen LogP contribution in [0.1, 0.15) is 49.2 Å². The van der Waals surface area contributed by atoms with E-state index in [2.05, 4.69) is 10.3 Å². The lowest BCUT2D eigenvalue weighted by molar-refractivity contribution is -0.151. The van der Waals surface area contributed by atoms with Crippen LogP contribution in [-0.4, -0.2) is 54.1 Å². The number of urea groups is 1. The molecule has 2 atom stereocenters. The number of hydrogen-bond acceptors (Lipinski definition) is 6. The Balaban J connectivity index is 1.35. The first-order chi connectivity index (χ1) is 20.1. The average molecular weight is 594 g/mol. The number of ketones is 1. The Morgan fingerprint density at radius 1 is 1.05 bits per heavy atom. The van der Waals surface area contributed by atoms with Crippen LogP contribution < -0.4 is 10.1 Å². The summed E-state index contributed by atoms with van der Waals surface area (Å²) in [6, 6.07) is 18.4. The van der Waals surface area contributed by atoms with E-state index in [-0.39, 0.29) is 24.2 Å². The maximum Gasteiger partial charge on any atom is 0.344 e. The van der Waals surface area contributed by atoms with Gasteiger partial charge in [0.1, 0.15) is 23.2 Å². The number of halogens is 2. The standard InChI is InChI=1S/C32H33ClFN3O5/c1-20(2)41-31(39)29-21(3)36-32(40)37(30(29)23-6-4-7-24(33)18-23)17-5-16-35-19-28(38)22-8-12-26(13-9-22)42-27-14-10-25(34)11-15-27/h4,6-15,18,20,29-30,35H,5,16-17,19H2,1-3H3. The molecule has 1 aliphatic rings. The van der Waals surface area contributed by atoms with Crippen LogP contribution in [0.4, 0.5) is 9.18 Å². The third-order valence-corrected chi connectivity index (χ3v) is 6.91. The molecule has 10 heteroatoms. The minimum absolute atomic E-state index is 0.102. The second-order valence-electron chi connectivity index (χ2n) is 10.2. The van der Waals surface area contributed by atoms with Crippen molar-refractivity contribution >= 4 is 35.1 Å². The Bertz CT molecular complexity index is 1440. The van der Waals surface area contributed by atoms with Gasteiger partial charge in [-0.25, -0.2) is 14.2 Å². The molecule has 0 spiro atoms. The Morgan fingerprint density at radius 2 is 1.71 bits per heavy atom. The summed E-state index contributed by atoms with van der Waals surface area (Å²) in [7, 11) is 0. The number of nitrogens with one attached hydrogen (secondary N) is 1. The van der Waals surface area contributed by atoms with Gasteiger partial charge in [0.15, 0.2) is 5.78 Å². The van der Waals surface area contributed by atoms with Crippen molar-refractivity contribution in [3.05, 3.63) is 94.8 Å². The fourth-order valence-electron chi connectivity index (χ4n) is 4.74. The number of carbonyl (C=O) groups excluding carboxylic acids is 3. The maximum atomic E-state index is 13.1. The number of hydrogen-bond donors (Lipinski definition) is 1. The molecule has 220 valence electrons. The molecule has 1 heterocycles. The van der Waals surface area contributed by atoms with Crippen LogP contribution in [0.3, 0.4) is 0 Å². The van der Waals surface area contributed by atoms with Crippen LogP contribution in [0, 0.1) is 11.7 Å². The molecule has 0 bridgehead atoms.